The zero-order valence-corrected chi connectivity index (χ0v) is 19.8. The summed E-state index contributed by atoms with van der Waals surface area (Å²) in [5.74, 6) is -1.65. The summed E-state index contributed by atoms with van der Waals surface area (Å²) in [5, 5.41) is 3.05. The molecule has 1 aliphatic rings. The van der Waals surface area contributed by atoms with E-state index in [9.17, 15) is 14.4 Å². The highest BCUT2D eigenvalue weighted by atomic mass is 31.0. The van der Waals surface area contributed by atoms with Gasteiger partial charge in [-0.25, -0.2) is 0 Å². The Morgan fingerprint density at radius 2 is 1.90 bits per heavy atom. The Labute approximate surface area is 185 Å². The zero-order valence-electron chi connectivity index (χ0n) is 19.7. The average molecular weight is 448 g/mol. The topological polar surface area (TPSA) is 90.9 Å². The molecule has 0 spiro atoms. The Kier molecular flexibility index (Phi) is 13.2. The van der Waals surface area contributed by atoms with E-state index in [0.717, 1.165) is 19.3 Å². The van der Waals surface area contributed by atoms with Gasteiger partial charge in [0.05, 0.1) is 20.5 Å². The van der Waals surface area contributed by atoms with E-state index in [4.69, 9.17) is 15.6 Å². The number of hydrogen-bond acceptors (Lipinski definition) is 6. The van der Waals surface area contributed by atoms with E-state index in [2.05, 4.69) is 14.6 Å². The normalized spacial score (nSPS) is 18.5. The number of rotatable bonds is 17. The first-order chi connectivity index (χ1) is 14.8. The maximum absolute atomic E-state index is 13.0. The van der Waals surface area contributed by atoms with Gasteiger partial charge in [-0.1, -0.05) is 23.1 Å². The lowest BCUT2D eigenvalue weighted by Gasteiger charge is -2.29. The molecule has 0 aromatic heterocycles. The average Bonchev–Trinajstić information content (AvgIpc) is 2.69. The Hall–Kier alpha value is -1.04. The molecule has 174 valence electrons. The summed E-state index contributed by atoms with van der Waals surface area (Å²) in [6.45, 7) is 5.17. The molecule has 0 aromatic carbocycles. The highest BCUT2D eigenvalue weighted by Crippen LogP contribution is 2.27. The minimum atomic E-state index is -1.02. The van der Waals surface area contributed by atoms with Crippen molar-refractivity contribution >= 4 is 26.9 Å². The minimum absolute atomic E-state index is 0.0304. The summed E-state index contributed by atoms with van der Waals surface area (Å²) in [7, 11) is 3.72. The molecular weight excluding hydrogens is 405 g/mol. The van der Waals surface area contributed by atoms with Crippen LogP contribution in [0.25, 0.3) is 0 Å². The van der Waals surface area contributed by atoms with Gasteiger partial charge in [-0.2, -0.15) is 0 Å². The minimum Gasteiger partial charge on any atom is -0.461 e. The maximum atomic E-state index is 13.0. The van der Waals surface area contributed by atoms with Crippen LogP contribution in [0.4, 0.5) is 0 Å². The molecule has 5 unspecified atom stereocenters. The first-order valence-electron chi connectivity index (χ1n) is 11.6. The van der Waals surface area contributed by atoms with Gasteiger partial charge in [-0.3, -0.25) is 14.4 Å². The largest absolute Gasteiger partial charge is 0.461 e. The Morgan fingerprint density at radius 3 is 2.47 bits per heavy atom. The van der Waals surface area contributed by atoms with Gasteiger partial charge in [0.1, 0.15) is 12.1 Å². The molecule has 1 fully saturated rings. The quantitative estimate of drug-likeness (QED) is 0.209. The SMILES string of the molecule is [3H]C(P)OC(=O)C(CC)CC(CC(C)C(=O)NC1CCC1)C(=O)CCCOCCOC. The summed E-state index contributed by atoms with van der Waals surface area (Å²) in [4.78, 5) is 37.8. The third-order valence-corrected chi connectivity index (χ3v) is 5.85. The van der Waals surface area contributed by atoms with Gasteiger partial charge in [0, 0.05) is 38.0 Å². The molecule has 5 atom stereocenters. The van der Waals surface area contributed by atoms with Crippen molar-refractivity contribution in [1.29, 1.82) is 0 Å². The maximum Gasteiger partial charge on any atom is 0.309 e. The Bertz CT molecular complexity index is 558. The van der Waals surface area contributed by atoms with Gasteiger partial charge >= 0.3 is 5.97 Å². The second-order valence-electron chi connectivity index (χ2n) is 8.06. The summed E-state index contributed by atoms with van der Waals surface area (Å²) < 4.78 is 22.8. The van der Waals surface area contributed by atoms with Crippen LogP contribution in [0.3, 0.4) is 0 Å². The first-order valence-corrected chi connectivity index (χ1v) is 11.7. The van der Waals surface area contributed by atoms with Gasteiger partial charge in [0.15, 0.2) is 0 Å². The smallest absolute Gasteiger partial charge is 0.309 e. The zero-order chi connectivity index (χ0) is 23.2. The van der Waals surface area contributed by atoms with Crippen LogP contribution < -0.4 is 5.32 Å². The van der Waals surface area contributed by atoms with E-state index in [-0.39, 0.29) is 23.7 Å². The molecule has 0 aromatic rings. The molecule has 1 aliphatic carbocycles. The van der Waals surface area contributed by atoms with Crippen LogP contribution in [0.1, 0.15) is 66.6 Å². The van der Waals surface area contributed by atoms with Crippen molar-refractivity contribution in [1.82, 2.24) is 5.32 Å². The second kappa shape index (κ2) is 15.7. The number of methoxy groups -OCH3 is 1. The molecule has 1 rings (SSSR count). The lowest BCUT2D eigenvalue weighted by atomic mass is 9.82. The van der Waals surface area contributed by atoms with Gasteiger partial charge in [0.2, 0.25) is 5.91 Å². The fourth-order valence-electron chi connectivity index (χ4n) is 3.52. The van der Waals surface area contributed by atoms with Crippen LogP contribution in [0.15, 0.2) is 0 Å². The van der Waals surface area contributed by atoms with E-state index in [0.29, 0.717) is 51.9 Å². The van der Waals surface area contributed by atoms with E-state index in [1.54, 1.807) is 7.11 Å². The van der Waals surface area contributed by atoms with Gasteiger partial charge in [-0.05, 0) is 44.9 Å². The summed E-state index contributed by atoms with van der Waals surface area (Å²) in [5.41, 5.74) is 0. The predicted molar refractivity (Wildman–Crippen MR) is 119 cm³/mol. The lowest BCUT2D eigenvalue weighted by Crippen LogP contribution is -2.42. The molecule has 1 amide bonds. The van der Waals surface area contributed by atoms with Crippen molar-refractivity contribution in [3.05, 3.63) is 0 Å². The highest BCUT2D eigenvalue weighted by Gasteiger charge is 2.30. The van der Waals surface area contributed by atoms with Crippen LogP contribution >= 0.6 is 9.24 Å². The number of carbonyl (C=O) groups excluding carboxylic acids is 3. The number of nitrogens with one attached hydrogen (secondary N) is 1. The van der Waals surface area contributed by atoms with Crippen LogP contribution in [-0.2, 0) is 28.6 Å². The van der Waals surface area contributed by atoms with E-state index in [1.807, 2.05) is 13.8 Å². The molecule has 1 saturated carbocycles. The number of esters is 1. The number of ketones is 1. The third kappa shape index (κ3) is 10.3. The number of carbonyl (C=O) groups is 3. The first kappa shape index (κ1) is 25.2. The third-order valence-electron chi connectivity index (χ3n) is 5.72. The molecule has 0 aliphatic heterocycles. The van der Waals surface area contributed by atoms with Gasteiger partial charge in [-0.15, -0.1) is 0 Å². The molecule has 0 radical (unpaired) electrons. The molecule has 30 heavy (non-hydrogen) atoms. The molecular formula is C22H40NO6P. The summed E-state index contributed by atoms with van der Waals surface area (Å²) >= 11 is 0. The van der Waals surface area contributed by atoms with E-state index in [1.165, 1.54) is 0 Å². The van der Waals surface area contributed by atoms with E-state index >= 15 is 0 Å². The molecule has 1 N–H and O–H groups in total. The van der Waals surface area contributed by atoms with Crippen molar-refractivity contribution in [3.63, 3.8) is 0 Å². The van der Waals surface area contributed by atoms with Crippen LogP contribution in [-0.4, -0.2) is 57.0 Å². The van der Waals surface area contributed by atoms with Crippen molar-refractivity contribution in [2.24, 2.45) is 17.8 Å². The van der Waals surface area contributed by atoms with Crippen molar-refractivity contribution < 1.29 is 30.0 Å². The molecule has 0 bridgehead atoms. The molecule has 8 heteroatoms. The monoisotopic (exact) mass is 447 g/mol. The van der Waals surface area contributed by atoms with Crippen LogP contribution in [0.5, 0.6) is 0 Å². The lowest BCUT2D eigenvalue weighted by molar-refractivity contribution is -0.147. The number of ether oxygens (including phenoxy) is 3. The highest BCUT2D eigenvalue weighted by molar-refractivity contribution is 7.16. The van der Waals surface area contributed by atoms with Crippen molar-refractivity contribution in [3.8, 4) is 0 Å². The molecule has 0 heterocycles. The van der Waals surface area contributed by atoms with Crippen LogP contribution in [0.2, 0.25) is 0 Å². The number of hydrogen-bond donors (Lipinski definition) is 1. The van der Waals surface area contributed by atoms with Crippen LogP contribution in [0, 0.1) is 17.8 Å². The second-order valence-corrected chi connectivity index (χ2v) is 8.33. The standard InChI is InChI=1S/C22H40NO6P/c1-4-17(22(26)29-15-30)14-18(20(24)9-6-10-28-12-11-27-3)13-16(2)21(25)23-19-7-5-8-19/h16-19H,4-15,30H2,1-3H3,(H,23,25)/i15T. The van der Waals surface area contributed by atoms with Crippen molar-refractivity contribution in [2.75, 3.05) is 33.3 Å². The van der Waals surface area contributed by atoms with E-state index < -0.39 is 24.1 Å². The summed E-state index contributed by atoms with van der Waals surface area (Å²) in [6, 6.07) is 0.253. The van der Waals surface area contributed by atoms with Gasteiger partial charge in [0.25, 0.3) is 0 Å². The number of Topliss-reactive ketones (excluding diaryl/α,β-unsaturated/α-hetero) is 1. The molecule has 7 nitrogen and oxygen atoms in total. The predicted octanol–water partition coefficient (Wildman–Crippen LogP) is 3.10. The van der Waals surface area contributed by atoms with Gasteiger partial charge < -0.3 is 19.5 Å². The number of amides is 1. The fourth-order valence-corrected chi connectivity index (χ4v) is 3.66. The fraction of sp³-hybridized carbons (Fsp3) is 0.864. The molecule has 0 saturated heterocycles. The Morgan fingerprint density at radius 1 is 1.17 bits per heavy atom. The van der Waals surface area contributed by atoms with Crippen molar-refractivity contribution in [2.45, 2.75) is 71.3 Å². The summed E-state index contributed by atoms with van der Waals surface area (Å²) in [6.07, 6.45) is 4.31. The Balaban J connectivity index is 2.68.